The van der Waals surface area contributed by atoms with E-state index >= 15 is 0 Å². The molecule has 0 bridgehead atoms. The van der Waals surface area contributed by atoms with Gasteiger partial charge in [0.05, 0.1) is 13.2 Å². The number of hydrogen-bond acceptors (Lipinski definition) is 3. The highest BCUT2D eigenvalue weighted by atomic mass is 16.5. The summed E-state index contributed by atoms with van der Waals surface area (Å²) in [6, 6.07) is 5.57. The first-order valence-electron chi connectivity index (χ1n) is 4.22. The number of nitrogens with two attached hydrogens (primary N) is 1. The smallest absolute Gasteiger partial charge is 0.122 e. The minimum atomic E-state index is -0.602. The quantitative estimate of drug-likeness (QED) is 0.731. The molecule has 3 N–H and O–H groups in total. The van der Waals surface area contributed by atoms with Gasteiger partial charge in [-0.1, -0.05) is 12.1 Å². The Bertz CT molecular complexity index is 286. The van der Waals surface area contributed by atoms with Crippen LogP contribution in [-0.4, -0.2) is 18.8 Å². The van der Waals surface area contributed by atoms with Gasteiger partial charge in [-0.3, -0.25) is 0 Å². The van der Waals surface area contributed by atoms with Gasteiger partial charge in [0.25, 0.3) is 0 Å². The summed E-state index contributed by atoms with van der Waals surface area (Å²) in [6.45, 7) is 2.14. The fourth-order valence-electron chi connectivity index (χ4n) is 1.34. The van der Waals surface area contributed by atoms with E-state index in [0.717, 1.165) is 16.9 Å². The maximum Gasteiger partial charge on any atom is 0.122 e. The lowest BCUT2D eigenvalue weighted by Crippen LogP contribution is -2.12. The second kappa shape index (κ2) is 4.25. The molecule has 0 radical (unpaired) electrons. The van der Waals surface area contributed by atoms with Crippen LogP contribution in [0.25, 0.3) is 0 Å². The first-order chi connectivity index (χ1) is 6.20. The van der Waals surface area contributed by atoms with Crippen LogP contribution in [0.2, 0.25) is 0 Å². The largest absolute Gasteiger partial charge is 0.496 e. The standard InChI is InChI=1S/C10H15NO2/c1-7-8(9(12)6-11)4-3-5-10(7)13-2/h3-5,9,12H,6,11H2,1-2H3/t9-/m1/s1. The van der Waals surface area contributed by atoms with Crippen LogP contribution in [0.1, 0.15) is 17.2 Å². The lowest BCUT2D eigenvalue weighted by Gasteiger charge is -2.13. The number of benzene rings is 1. The normalized spacial score (nSPS) is 12.6. The minimum Gasteiger partial charge on any atom is -0.496 e. The Hall–Kier alpha value is -1.06. The van der Waals surface area contributed by atoms with Gasteiger partial charge in [-0.05, 0) is 24.1 Å². The number of aliphatic hydroxyl groups excluding tert-OH is 1. The molecule has 0 aliphatic heterocycles. The molecule has 72 valence electrons. The van der Waals surface area contributed by atoms with Crippen LogP contribution >= 0.6 is 0 Å². The van der Waals surface area contributed by atoms with Gasteiger partial charge < -0.3 is 15.6 Å². The van der Waals surface area contributed by atoms with Crippen molar-refractivity contribution in [2.24, 2.45) is 5.73 Å². The third kappa shape index (κ3) is 1.99. The molecule has 0 aliphatic carbocycles. The lowest BCUT2D eigenvalue weighted by atomic mass is 10.0. The van der Waals surface area contributed by atoms with Gasteiger partial charge in [-0.2, -0.15) is 0 Å². The van der Waals surface area contributed by atoms with Crippen molar-refractivity contribution in [3.05, 3.63) is 29.3 Å². The van der Waals surface area contributed by atoms with Gasteiger partial charge in [0, 0.05) is 6.54 Å². The van der Waals surface area contributed by atoms with Crippen molar-refractivity contribution in [1.29, 1.82) is 0 Å². The third-order valence-electron chi connectivity index (χ3n) is 2.13. The first kappa shape index (κ1) is 10.0. The van der Waals surface area contributed by atoms with E-state index in [4.69, 9.17) is 10.5 Å². The van der Waals surface area contributed by atoms with Crippen LogP contribution in [0, 0.1) is 6.92 Å². The van der Waals surface area contributed by atoms with Gasteiger partial charge >= 0.3 is 0 Å². The van der Waals surface area contributed by atoms with E-state index in [1.54, 1.807) is 7.11 Å². The summed E-state index contributed by atoms with van der Waals surface area (Å²) in [5.74, 6) is 0.782. The Kier molecular flexibility index (Phi) is 3.28. The second-order valence-corrected chi connectivity index (χ2v) is 2.93. The Morgan fingerprint density at radius 3 is 2.77 bits per heavy atom. The topological polar surface area (TPSA) is 55.5 Å². The van der Waals surface area contributed by atoms with Gasteiger partial charge in [-0.25, -0.2) is 0 Å². The molecule has 0 aliphatic rings. The summed E-state index contributed by atoms with van der Waals surface area (Å²) in [6.07, 6.45) is -0.602. The van der Waals surface area contributed by atoms with E-state index in [0.29, 0.717) is 0 Å². The van der Waals surface area contributed by atoms with Crippen molar-refractivity contribution in [2.75, 3.05) is 13.7 Å². The molecule has 0 fully saturated rings. The molecule has 0 unspecified atom stereocenters. The average molecular weight is 181 g/mol. The number of aliphatic hydroxyl groups is 1. The van der Waals surface area contributed by atoms with Crippen molar-refractivity contribution in [2.45, 2.75) is 13.0 Å². The summed E-state index contributed by atoms with van der Waals surface area (Å²) in [4.78, 5) is 0. The SMILES string of the molecule is COc1cccc([C@H](O)CN)c1C. The molecule has 1 aromatic rings. The van der Waals surface area contributed by atoms with Crippen molar-refractivity contribution in [1.82, 2.24) is 0 Å². The van der Waals surface area contributed by atoms with E-state index in [2.05, 4.69) is 0 Å². The predicted molar refractivity (Wildman–Crippen MR) is 51.7 cm³/mol. The second-order valence-electron chi connectivity index (χ2n) is 2.93. The number of hydrogen-bond donors (Lipinski definition) is 2. The van der Waals surface area contributed by atoms with Gasteiger partial charge in [-0.15, -0.1) is 0 Å². The van der Waals surface area contributed by atoms with Gasteiger partial charge in [0.15, 0.2) is 0 Å². The van der Waals surface area contributed by atoms with Crippen molar-refractivity contribution in [3.8, 4) is 5.75 Å². The van der Waals surface area contributed by atoms with Crippen LogP contribution in [0.4, 0.5) is 0 Å². The monoisotopic (exact) mass is 181 g/mol. The average Bonchev–Trinajstić information content (AvgIpc) is 2.17. The fraction of sp³-hybridized carbons (Fsp3) is 0.400. The Morgan fingerprint density at radius 1 is 1.54 bits per heavy atom. The van der Waals surface area contributed by atoms with E-state index in [9.17, 15) is 5.11 Å². The highest BCUT2D eigenvalue weighted by Crippen LogP contribution is 2.25. The van der Waals surface area contributed by atoms with Crippen LogP contribution in [0.15, 0.2) is 18.2 Å². The van der Waals surface area contributed by atoms with Crippen molar-refractivity contribution in [3.63, 3.8) is 0 Å². The molecule has 3 nitrogen and oxygen atoms in total. The van der Waals surface area contributed by atoms with E-state index in [-0.39, 0.29) is 6.54 Å². The number of rotatable bonds is 3. The first-order valence-corrected chi connectivity index (χ1v) is 4.22. The molecule has 3 heteroatoms. The Balaban J connectivity index is 3.08. The molecular formula is C10H15NO2. The van der Waals surface area contributed by atoms with Crippen molar-refractivity contribution < 1.29 is 9.84 Å². The molecular weight excluding hydrogens is 166 g/mol. The van der Waals surface area contributed by atoms with E-state index in [1.165, 1.54) is 0 Å². The van der Waals surface area contributed by atoms with E-state index < -0.39 is 6.10 Å². The summed E-state index contributed by atoms with van der Waals surface area (Å²) in [7, 11) is 1.61. The van der Waals surface area contributed by atoms with Crippen LogP contribution in [0.5, 0.6) is 5.75 Å². The summed E-state index contributed by atoms with van der Waals surface area (Å²) in [5, 5.41) is 9.55. The maximum atomic E-state index is 9.55. The molecule has 13 heavy (non-hydrogen) atoms. The highest BCUT2D eigenvalue weighted by Gasteiger charge is 2.10. The molecule has 0 saturated heterocycles. The van der Waals surface area contributed by atoms with Crippen LogP contribution in [-0.2, 0) is 0 Å². The third-order valence-corrected chi connectivity index (χ3v) is 2.13. The minimum absolute atomic E-state index is 0.230. The summed E-state index contributed by atoms with van der Waals surface area (Å²) < 4.78 is 5.13. The zero-order valence-electron chi connectivity index (χ0n) is 7.95. The molecule has 0 aromatic heterocycles. The zero-order valence-corrected chi connectivity index (χ0v) is 7.95. The zero-order chi connectivity index (χ0) is 9.84. The van der Waals surface area contributed by atoms with Gasteiger partial charge in [0.2, 0.25) is 0 Å². The highest BCUT2D eigenvalue weighted by molar-refractivity contribution is 5.40. The van der Waals surface area contributed by atoms with Gasteiger partial charge in [0.1, 0.15) is 5.75 Å². The summed E-state index contributed by atoms with van der Waals surface area (Å²) in [5.41, 5.74) is 7.16. The van der Waals surface area contributed by atoms with Crippen LogP contribution < -0.4 is 10.5 Å². The molecule has 0 saturated carbocycles. The lowest BCUT2D eigenvalue weighted by molar-refractivity contribution is 0.185. The Labute approximate surface area is 78.1 Å². The molecule has 1 rings (SSSR count). The van der Waals surface area contributed by atoms with Crippen molar-refractivity contribution >= 4 is 0 Å². The molecule has 1 aromatic carbocycles. The number of ether oxygens (including phenoxy) is 1. The molecule has 0 heterocycles. The maximum absolute atomic E-state index is 9.55. The summed E-state index contributed by atoms with van der Waals surface area (Å²) >= 11 is 0. The molecule has 0 spiro atoms. The molecule has 0 amide bonds. The molecule has 1 atom stereocenters. The fourth-order valence-corrected chi connectivity index (χ4v) is 1.34. The number of methoxy groups -OCH3 is 1. The predicted octanol–water partition coefficient (Wildman–Crippen LogP) is 0.996. The van der Waals surface area contributed by atoms with E-state index in [1.807, 2.05) is 25.1 Å². The van der Waals surface area contributed by atoms with Crippen LogP contribution in [0.3, 0.4) is 0 Å². The Morgan fingerprint density at radius 2 is 2.23 bits per heavy atom.